The van der Waals surface area contributed by atoms with E-state index in [-0.39, 0.29) is 5.41 Å². The minimum absolute atomic E-state index is 0.187. The van der Waals surface area contributed by atoms with E-state index in [4.69, 9.17) is 16.3 Å². The van der Waals surface area contributed by atoms with Gasteiger partial charge in [-0.05, 0) is 41.0 Å². The van der Waals surface area contributed by atoms with Gasteiger partial charge in [0, 0.05) is 19.4 Å². The van der Waals surface area contributed by atoms with E-state index in [1.165, 1.54) is 5.56 Å². The highest BCUT2D eigenvalue weighted by molar-refractivity contribution is 14.1. The Labute approximate surface area is 136 Å². The maximum absolute atomic E-state index is 6.19. The van der Waals surface area contributed by atoms with Crippen LogP contribution in [0.25, 0.3) is 0 Å². The van der Waals surface area contributed by atoms with Crippen molar-refractivity contribution in [3.63, 3.8) is 0 Å². The van der Waals surface area contributed by atoms with Gasteiger partial charge in [0.25, 0.3) is 0 Å². The van der Waals surface area contributed by atoms with Gasteiger partial charge in [-0.25, -0.2) is 9.97 Å². The Morgan fingerprint density at radius 3 is 2.50 bits per heavy atom. The third-order valence-electron chi connectivity index (χ3n) is 3.80. The molecule has 0 saturated carbocycles. The maximum atomic E-state index is 6.19. The topological polar surface area (TPSA) is 35.0 Å². The van der Waals surface area contributed by atoms with E-state index in [2.05, 4.69) is 56.8 Å². The first-order valence-electron chi connectivity index (χ1n) is 6.54. The van der Waals surface area contributed by atoms with Crippen molar-refractivity contribution >= 4 is 34.2 Å². The molecule has 1 aromatic heterocycles. The molecule has 0 bridgehead atoms. The summed E-state index contributed by atoms with van der Waals surface area (Å²) >= 11 is 8.34. The van der Waals surface area contributed by atoms with E-state index in [0.717, 1.165) is 35.4 Å². The maximum Gasteiger partial charge on any atom is 0.146 e. The van der Waals surface area contributed by atoms with Crippen LogP contribution in [-0.4, -0.2) is 23.2 Å². The van der Waals surface area contributed by atoms with E-state index in [9.17, 15) is 0 Å². The van der Waals surface area contributed by atoms with E-state index in [1.54, 1.807) is 6.20 Å². The third-order valence-corrected chi connectivity index (χ3v) is 5.20. The lowest BCUT2D eigenvalue weighted by Gasteiger charge is -2.36. The number of halogens is 2. The summed E-state index contributed by atoms with van der Waals surface area (Å²) < 4.78 is 6.41. The molecule has 20 heavy (non-hydrogen) atoms. The van der Waals surface area contributed by atoms with Gasteiger partial charge in [-0.15, -0.1) is 0 Å². The molecule has 0 amide bonds. The van der Waals surface area contributed by atoms with Crippen molar-refractivity contribution in [2.75, 3.05) is 13.2 Å². The molecule has 1 fully saturated rings. The van der Waals surface area contributed by atoms with Gasteiger partial charge in [0.2, 0.25) is 0 Å². The molecule has 0 aliphatic carbocycles. The van der Waals surface area contributed by atoms with Crippen LogP contribution in [-0.2, 0) is 10.2 Å². The first-order chi connectivity index (χ1) is 9.72. The van der Waals surface area contributed by atoms with Crippen LogP contribution in [0, 0.1) is 3.57 Å². The zero-order valence-corrected chi connectivity index (χ0v) is 13.8. The van der Waals surface area contributed by atoms with Gasteiger partial charge in [-0.1, -0.05) is 41.9 Å². The van der Waals surface area contributed by atoms with Crippen molar-refractivity contribution in [1.29, 1.82) is 0 Å². The molecule has 2 heterocycles. The summed E-state index contributed by atoms with van der Waals surface area (Å²) in [6.07, 6.45) is 3.56. The van der Waals surface area contributed by atoms with Crippen molar-refractivity contribution in [1.82, 2.24) is 9.97 Å². The molecule has 0 atom stereocenters. The SMILES string of the molecule is Clc1nc(C2(c3ccccc3)CCOCC2)ncc1I. The Hall–Kier alpha value is -0.720. The van der Waals surface area contributed by atoms with E-state index in [1.807, 2.05) is 6.07 Å². The van der Waals surface area contributed by atoms with Crippen molar-refractivity contribution in [3.05, 3.63) is 56.6 Å². The zero-order chi connectivity index (χ0) is 14.0. The minimum atomic E-state index is -0.187. The van der Waals surface area contributed by atoms with Crippen LogP contribution >= 0.6 is 34.2 Å². The fourth-order valence-corrected chi connectivity index (χ4v) is 3.08. The molecule has 1 aliphatic heterocycles. The van der Waals surface area contributed by atoms with E-state index >= 15 is 0 Å². The molecule has 2 aromatic rings. The third kappa shape index (κ3) is 2.56. The van der Waals surface area contributed by atoms with Crippen LogP contribution in [0.3, 0.4) is 0 Å². The van der Waals surface area contributed by atoms with Crippen LogP contribution in [0.1, 0.15) is 24.2 Å². The smallest absolute Gasteiger partial charge is 0.146 e. The number of benzene rings is 1. The molecule has 0 unspecified atom stereocenters. The Kier molecular flexibility index (Phi) is 4.23. The first kappa shape index (κ1) is 14.2. The molecule has 5 heteroatoms. The van der Waals surface area contributed by atoms with Crippen LogP contribution in [0.2, 0.25) is 5.15 Å². The Balaban J connectivity index is 2.12. The highest BCUT2D eigenvalue weighted by atomic mass is 127. The highest BCUT2D eigenvalue weighted by Crippen LogP contribution is 2.39. The minimum Gasteiger partial charge on any atom is -0.381 e. The molecular formula is C15H14ClIN2O. The summed E-state index contributed by atoms with van der Waals surface area (Å²) in [6, 6.07) is 10.4. The second-order valence-electron chi connectivity index (χ2n) is 4.89. The standard InChI is InChI=1S/C15H14ClIN2O/c16-13-12(17)10-18-14(19-13)15(6-8-20-9-7-15)11-4-2-1-3-5-11/h1-5,10H,6-9H2. The summed E-state index contributed by atoms with van der Waals surface area (Å²) in [4.78, 5) is 9.09. The Morgan fingerprint density at radius 2 is 1.85 bits per heavy atom. The van der Waals surface area contributed by atoms with Crippen molar-refractivity contribution in [3.8, 4) is 0 Å². The lowest BCUT2D eigenvalue weighted by atomic mass is 9.73. The number of hydrogen-bond acceptors (Lipinski definition) is 3. The van der Waals surface area contributed by atoms with E-state index in [0.29, 0.717) is 5.15 Å². The molecule has 0 radical (unpaired) electrons. The second kappa shape index (κ2) is 5.95. The molecule has 0 N–H and O–H groups in total. The van der Waals surface area contributed by atoms with Gasteiger partial charge >= 0.3 is 0 Å². The molecule has 1 aromatic carbocycles. The van der Waals surface area contributed by atoms with Gasteiger partial charge in [0.05, 0.1) is 8.99 Å². The van der Waals surface area contributed by atoms with Crippen molar-refractivity contribution in [2.45, 2.75) is 18.3 Å². The van der Waals surface area contributed by atoms with Crippen molar-refractivity contribution in [2.24, 2.45) is 0 Å². The van der Waals surface area contributed by atoms with Gasteiger partial charge in [0.1, 0.15) is 11.0 Å². The summed E-state index contributed by atoms with van der Waals surface area (Å²) in [6.45, 7) is 1.45. The average Bonchev–Trinajstić information content (AvgIpc) is 2.51. The zero-order valence-electron chi connectivity index (χ0n) is 10.9. The lowest BCUT2D eigenvalue weighted by molar-refractivity contribution is 0.0604. The average molecular weight is 401 g/mol. The summed E-state index contributed by atoms with van der Waals surface area (Å²) in [5.74, 6) is 0.803. The largest absolute Gasteiger partial charge is 0.381 e. The van der Waals surface area contributed by atoms with Crippen LogP contribution < -0.4 is 0 Å². The predicted octanol–water partition coefficient (Wildman–Crippen LogP) is 3.83. The van der Waals surface area contributed by atoms with Gasteiger partial charge in [-0.2, -0.15) is 0 Å². The molecule has 3 rings (SSSR count). The first-order valence-corrected chi connectivity index (χ1v) is 8.00. The van der Waals surface area contributed by atoms with Crippen molar-refractivity contribution < 1.29 is 4.74 Å². The van der Waals surface area contributed by atoms with Gasteiger partial charge in [0.15, 0.2) is 0 Å². The summed E-state index contributed by atoms with van der Waals surface area (Å²) in [5, 5.41) is 0.525. The lowest BCUT2D eigenvalue weighted by Crippen LogP contribution is -2.36. The Bertz CT molecular complexity index is 600. The number of ether oxygens (including phenoxy) is 1. The van der Waals surface area contributed by atoms with Gasteiger partial charge in [-0.3, -0.25) is 0 Å². The van der Waals surface area contributed by atoms with E-state index < -0.39 is 0 Å². The monoisotopic (exact) mass is 400 g/mol. The predicted molar refractivity (Wildman–Crippen MR) is 87.0 cm³/mol. The fourth-order valence-electron chi connectivity index (χ4n) is 2.70. The number of aromatic nitrogens is 2. The van der Waals surface area contributed by atoms with Crippen LogP contribution in [0.5, 0.6) is 0 Å². The molecule has 104 valence electrons. The summed E-state index contributed by atoms with van der Waals surface area (Å²) in [5.41, 5.74) is 1.05. The highest BCUT2D eigenvalue weighted by Gasteiger charge is 2.39. The van der Waals surface area contributed by atoms with Crippen LogP contribution in [0.4, 0.5) is 0 Å². The molecular weight excluding hydrogens is 387 g/mol. The number of rotatable bonds is 2. The quantitative estimate of drug-likeness (QED) is 0.568. The second-order valence-corrected chi connectivity index (χ2v) is 6.41. The Morgan fingerprint density at radius 1 is 1.15 bits per heavy atom. The molecule has 3 nitrogen and oxygen atoms in total. The molecule has 1 aliphatic rings. The van der Waals surface area contributed by atoms with Gasteiger partial charge < -0.3 is 4.74 Å². The normalized spacial score (nSPS) is 17.9. The molecule has 1 saturated heterocycles. The molecule has 0 spiro atoms. The number of hydrogen-bond donors (Lipinski definition) is 0. The summed E-state index contributed by atoms with van der Waals surface area (Å²) in [7, 11) is 0. The fraction of sp³-hybridized carbons (Fsp3) is 0.333. The van der Waals surface area contributed by atoms with Crippen LogP contribution in [0.15, 0.2) is 36.5 Å². The number of nitrogens with zero attached hydrogens (tertiary/aromatic N) is 2.